The average Bonchev–Trinajstić information content (AvgIpc) is 3.13. The summed E-state index contributed by atoms with van der Waals surface area (Å²) < 4.78 is 26.3. The molecule has 0 bridgehead atoms. The van der Waals surface area contributed by atoms with Gasteiger partial charge in [-0.25, -0.2) is 8.42 Å². The molecule has 3 heterocycles. The summed E-state index contributed by atoms with van der Waals surface area (Å²) in [5, 5.41) is 0. The van der Waals surface area contributed by atoms with E-state index in [1.54, 1.807) is 6.20 Å². The second-order valence-corrected chi connectivity index (χ2v) is 9.09. The Morgan fingerprint density at radius 1 is 1.23 bits per heavy atom. The summed E-state index contributed by atoms with van der Waals surface area (Å²) in [6, 6.07) is 3.48. The van der Waals surface area contributed by atoms with Gasteiger partial charge < -0.3 is 4.90 Å². The molecule has 1 amide bonds. The number of pyridine rings is 1. The largest absolute Gasteiger partial charge is 0.339 e. The first-order valence-electron chi connectivity index (χ1n) is 9.41. The van der Waals surface area contributed by atoms with Gasteiger partial charge in [0.1, 0.15) is 6.04 Å². The van der Waals surface area contributed by atoms with Gasteiger partial charge in [0.25, 0.3) is 0 Å². The smallest absolute Gasteiger partial charge is 0.241 e. The second-order valence-electron chi connectivity index (χ2n) is 7.05. The fourth-order valence-corrected chi connectivity index (χ4v) is 5.52. The van der Waals surface area contributed by atoms with Crippen LogP contribution in [0.2, 0.25) is 0 Å². The zero-order valence-electron chi connectivity index (χ0n) is 15.4. The SMILES string of the molecule is CCCS(=O)(=O)N1CCCC1C(=O)N1CCN(Cc2cccnc2)CC1. The van der Waals surface area contributed by atoms with Crippen LogP contribution in [0, 0.1) is 0 Å². The van der Waals surface area contributed by atoms with Crippen molar-refractivity contribution in [2.45, 2.75) is 38.8 Å². The minimum absolute atomic E-state index is 0.0248. The van der Waals surface area contributed by atoms with Gasteiger partial charge in [-0.15, -0.1) is 0 Å². The molecule has 3 rings (SSSR count). The third-order valence-electron chi connectivity index (χ3n) is 5.12. The Balaban J connectivity index is 1.56. The third-order valence-corrected chi connectivity index (χ3v) is 7.20. The molecule has 1 aromatic rings. The zero-order chi connectivity index (χ0) is 18.6. The predicted octanol–water partition coefficient (Wildman–Crippen LogP) is 0.930. The van der Waals surface area contributed by atoms with Crippen LogP contribution in [0.5, 0.6) is 0 Å². The highest BCUT2D eigenvalue weighted by molar-refractivity contribution is 7.89. The first-order valence-corrected chi connectivity index (χ1v) is 11.0. The lowest BCUT2D eigenvalue weighted by Crippen LogP contribution is -2.54. The summed E-state index contributed by atoms with van der Waals surface area (Å²) in [4.78, 5) is 21.2. The van der Waals surface area contributed by atoms with Crippen LogP contribution in [-0.4, -0.2) is 77.9 Å². The topological polar surface area (TPSA) is 73.8 Å². The molecular formula is C18H28N4O3S. The normalized spacial score (nSPS) is 22.7. The van der Waals surface area contributed by atoms with Crippen LogP contribution in [0.3, 0.4) is 0 Å². The Morgan fingerprint density at radius 2 is 2.00 bits per heavy atom. The minimum Gasteiger partial charge on any atom is -0.339 e. The van der Waals surface area contributed by atoms with Crippen LogP contribution in [0.25, 0.3) is 0 Å². The molecule has 1 atom stereocenters. The molecule has 2 saturated heterocycles. The van der Waals surface area contributed by atoms with E-state index in [0.29, 0.717) is 32.5 Å². The maximum atomic E-state index is 12.9. The van der Waals surface area contributed by atoms with Gasteiger partial charge in [0.2, 0.25) is 15.9 Å². The van der Waals surface area contributed by atoms with Gasteiger partial charge >= 0.3 is 0 Å². The van der Waals surface area contributed by atoms with E-state index in [1.807, 2.05) is 24.1 Å². The molecule has 2 fully saturated rings. The minimum atomic E-state index is -3.33. The third kappa shape index (κ3) is 4.42. The molecule has 26 heavy (non-hydrogen) atoms. The van der Waals surface area contributed by atoms with Gasteiger partial charge in [-0.3, -0.25) is 14.7 Å². The lowest BCUT2D eigenvalue weighted by molar-refractivity contribution is -0.136. The van der Waals surface area contributed by atoms with E-state index in [9.17, 15) is 13.2 Å². The molecule has 2 aliphatic heterocycles. The van der Waals surface area contributed by atoms with Crippen LogP contribution in [0.15, 0.2) is 24.5 Å². The highest BCUT2D eigenvalue weighted by Crippen LogP contribution is 2.24. The van der Waals surface area contributed by atoms with E-state index < -0.39 is 16.1 Å². The highest BCUT2D eigenvalue weighted by atomic mass is 32.2. The van der Waals surface area contributed by atoms with E-state index in [2.05, 4.69) is 16.0 Å². The molecule has 0 radical (unpaired) electrons. The summed E-state index contributed by atoms with van der Waals surface area (Å²) in [5.74, 6) is 0.0959. The Labute approximate surface area is 156 Å². The molecule has 0 aromatic carbocycles. The van der Waals surface area contributed by atoms with Gasteiger partial charge in [0.05, 0.1) is 5.75 Å². The van der Waals surface area contributed by atoms with Gasteiger partial charge in [-0.05, 0) is 30.9 Å². The first-order chi connectivity index (χ1) is 12.5. The van der Waals surface area contributed by atoms with Gasteiger partial charge in [-0.1, -0.05) is 13.0 Å². The number of sulfonamides is 1. The van der Waals surface area contributed by atoms with E-state index >= 15 is 0 Å². The van der Waals surface area contributed by atoms with Crippen molar-refractivity contribution in [3.8, 4) is 0 Å². The van der Waals surface area contributed by atoms with Crippen molar-refractivity contribution in [1.29, 1.82) is 0 Å². The number of rotatable bonds is 6. The molecule has 8 heteroatoms. The van der Waals surface area contributed by atoms with Crippen LogP contribution >= 0.6 is 0 Å². The zero-order valence-corrected chi connectivity index (χ0v) is 16.2. The van der Waals surface area contributed by atoms with Gasteiger partial charge in [-0.2, -0.15) is 4.31 Å². The summed E-state index contributed by atoms with van der Waals surface area (Å²) in [5.41, 5.74) is 1.17. The van der Waals surface area contributed by atoms with E-state index in [-0.39, 0.29) is 11.7 Å². The lowest BCUT2D eigenvalue weighted by Gasteiger charge is -2.37. The second kappa shape index (κ2) is 8.45. The fraction of sp³-hybridized carbons (Fsp3) is 0.667. The summed E-state index contributed by atoms with van der Waals surface area (Å²) >= 11 is 0. The summed E-state index contributed by atoms with van der Waals surface area (Å²) in [6.07, 6.45) is 5.61. The van der Waals surface area contributed by atoms with Crippen molar-refractivity contribution in [3.63, 3.8) is 0 Å². The predicted molar refractivity (Wildman–Crippen MR) is 99.9 cm³/mol. The molecule has 0 saturated carbocycles. The monoisotopic (exact) mass is 380 g/mol. The Morgan fingerprint density at radius 3 is 2.65 bits per heavy atom. The Kier molecular flexibility index (Phi) is 6.26. The van der Waals surface area contributed by atoms with Crippen LogP contribution in [0.4, 0.5) is 0 Å². The number of aromatic nitrogens is 1. The molecule has 0 N–H and O–H groups in total. The quantitative estimate of drug-likeness (QED) is 0.734. The van der Waals surface area contributed by atoms with Crippen molar-refractivity contribution in [3.05, 3.63) is 30.1 Å². The lowest BCUT2D eigenvalue weighted by atomic mass is 10.1. The van der Waals surface area contributed by atoms with E-state index in [0.717, 1.165) is 26.1 Å². The standard InChI is InChI=1S/C18H28N4O3S/c1-2-13-26(24,25)22-8-4-6-17(22)18(23)21-11-9-20(10-12-21)15-16-5-3-7-19-14-16/h3,5,7,14,17H,2,4,6,8-13,15H2,1H3. The van der Waals surface area contributed by atoms with Crippen molar-refractivity contribution in [2.75, 3.05) is 38.5 Å². The van der Waals surface area contributed by atoms with Gasteiger partial charge in [0, 0.05) is 51.7 Å². The van der Waals surface area contributed by atoms with Crippen LogP contribution in [-0.2, 0) is 21.4 Å². The maximum absolute atomic E-state index is 12.9. The highest BCUT2D eigenvalue weighted by Gasteiger charge is 2.40. The van der Waals surface area contributed by atoms with Crippen molar-refractivity contribution >= 4 is 15.9 Å². The number of amides is 1. The maximum Gasteiger partial charge on any atom is 0.241 e. The summed E-state index contributed by atoms with van der Waals surface area (Å²) in [6.45, 7) is 6.06. The van der Waals surface area contributed by atoms with Crippen molar-refractivity contribution in [2.24, 2.45) is 0 Å². The Bertz CT molecular complexity index is 702. The number of hydrogen-bond donors (Lipinski definition) is 0. The number of hydrogen-bond acceptors (Lipinski definition) is 5. The summed E-state index contributed by atoms with van der Waals surface area (Å²) in [7, 11) is -3.33. The number of carbonyl (C=O) groups is 1. The molecule has 0 aliphatic carbocycles. The molecule has 0 spiro atoms. The van der Waals surface area contributed by atoms with E-state index in [4.69, 9.17) is 0 Å². The van der Waals surface area contributed by atoms with E-state index in [1.165, 1.54) is 9.87 Å². The fourth-order valence-electron chi connectivity index (χ4n) is 3.78. The van der Waals surface area contributed by atoms with Crippen molar-refractivity contribution < 1.29 is 13.2 Å². The van der Waals surface area contributed by atoms with Crippen molar-refractivity contribution in [1.82, 2.24) is 19.1 Å². The van der Waals surface area contributed by atoms with Crippen LogP contribution in [0.1, 0.15) is 31.7 Å². The number of carbonyl (C=O) groups excluding carboxylic acids is 1. The molecule has 7 nitrogen and oxygen atoms in total. The molecular weight excluding hydrogens is 352 g/mol. The average molecular weight is 381 g/mol. The Hall–Kier alpha value is -1.51. The van der Waals surface area contributed by atoms with Crippen LogP contribution < -0.4 is 0 Å². The molecule has 144 valence electrons. The molecule has 1 unspecified atom stereocenters. The molecule has 2 aliphatic rings. The molecule has 1 aromatic heterocycles. The first kappa shape index (κ1) is 19.3. The van der Waals surface area contributed by atoms with Gasteiger partial charge in [0.15, 0.2) is 0 Å². The number of nitrogens with zero attached hydrogens (tertiary/aromatic N) is 4. The number of piperazine rings is 1.